The molecule has 3 N–H and O–H groups in total. The fourth-order valence-corrected chi connectivity index (χ4v) is 5.17. The van der Waals surface area contributed by atoms with Crippen molar-refractivity contribution in [2.75, 3.05) is 13.1 Å². The van der Waals surface area contributed by atoms with Crippen molar-refractivity contribution in [2.24, 2.45) is 5.92 Å². The molecule has 7 nitrogen and oxygen atoms in total. The molecule has 0 radical (unpaired) electrons. The van der Waals surface area contributed by atoms with E-state index >= 15 is 0 Å². The number of imide groups is 1. The van der Waals surface area contributed by atoms with E-state index in [9.17, 15) is 14.4 Å². The molecular weight excluding hydrogens is 356 g/mol. The fraction of sp³-hybridized carbons (Fsp3) is 0.571. The third-order valence-electron chi connectivity index (χ3n) is 6.96. The Morgan fingerprint density at radius 2 is 2.07 bits per heavy atom. The van der Waals surface area contributed by atoms with E-state index in [1.807, 2.05) is 12.1 Å². The molecule has 2 saturated heterocycles. The van der Waals surface area contributed by atoms with Gasteiger partial charge in [0.1, 0.15) is 6.04 Å². The second kappa shape index (κ2) is 6.67. The summed E-state index contributed by atoms with van der Waals surface area (Å²) in [6.07, 6.45) is 4.29. The Morgan fingerprint density at radius 1 is 1.18 bits per heavy atom. The number of piperidine rings is 1. The van der Waals surface area contributed by atoms with Crippen LogP contribution in [-0.4, -0.2) is 47.3 Å². The Bertz CT molecular complexity index is 854. The van der Waals surface area contributed by atoms with Crippen LogP contribution in [0.5, 0.6) is 0 Å². The zero-order valence-corrected chi connectivity index (χ0v) is 15.9. The summed E-state index contributed by atoms with van der Waals surface area (Å²) in [6, 6.07) is 5.30. The van der Waals surface area contributed by atoms with Crippen LogP contribution in [0.15, 0.2) is 18.2 Å². The Labute approximate surface area is 164 Å². The molecule has 3 unspecified atom stereocenters. The molecule has 3 amide bonds. The van der Waals surface area contributed by atoms with Crippen LogP contribution in [0, 0.1) is 5.92 Å². The molecule has 0 spiro atoms. The van der Waals surface area contributed by atoms with Gasteiger partial charge in [0.25, 0.3) is 5.91 Å². The Balaban J connectivity index is 1.32. The van der Waals surface area contributed by atoms with Gasteiger partial charge in [-0.2, -0.15) is 0 Å². The van der Waals surface area contributed by atoms with Crippen molar-refractivity contribution < 1.29 is 14.4 Å². The molecule has 1 aromatic rings. The Kier molecular flexibility index (Phi) is 4.25. The van der Waals surface area contributed by atoms with Crippen molar-refractivity contribution in [3.05, 3.63) is 34.9 Å². The van der Waals surface area contributed by atoms with Crippen molar-refractivity contribution in [1.29, 1.82) is 0 Å². The minimum absolute atomic E-state index is 0.104. The maximum absolute atomic E-state index is 12.9. The number of fused-ring (bicyclic) bond motifs is 2. The summed E-state index contributed by atoms with van der Waals surface area (Å²) in [7, 11) is 0. The van der Waals surface area contributed by atoms with Crippen LogP contribution in [0.4, 0.5) is 0 Å². The van der Waals surface area contributed by atoms with Gasteiger partial charge in [0, 0.05) is 30.6 Å². The van der Waals surface area contributed by atoms with Gasteiger partial charge in [-0.05, 0) is 61.9 Å². The first kappa shape index (κ1) is 17.8. The lowest BCUT2D eigenvalue weighted by molar-refractivity contribution is -0.136. The zero-order valence-electron chi connectivity index (χ0n) is 15.9. The van der Waals surface area contributed by atoms with Crippen molar-refractivity contribution in [3.63, 3.8) is 0 Å². The highest BCUT2D eigenvalue weighted by Gasteiger charge is 2.53. The molecule has 3 fully saturated rings. The van der Waals surface area contributed by atoms with E-state index < -0.39 is 6.04 Å². The molecule has 0 aromatic heterocycles. The molecule has 1 saturated carbocycles. The van der Waals surface area contributed by atoms with Gasteiger partial charge in [-0.25, -0.2) is 0 Å². The van der Waals surface area contributed by atoms with Gasteiger partial charge in [0.15, 0.2) is 0 Å². The number of carbonyl (C=O) groups excluding carboxylic acids is 3. The number of hydrogen-bond donors (Lipinski definition) is 3. The highest BCUT2D eigenvalue weighted by molar-refractivity contribution is 6.05. The average Bonchev–Trinajstić information content (AvgIpc) is 3.30. The lowest BCUT2D eigenvalue weighted by atomic mass is 10.0. The van der Waals surface area contributed by atoms with Gasteiger partial charge in [-0.1, -0.05) is 12.1 Å². The van der Waals surface area contributed by atoms with Crippen LogP contribution in [0.2, 0.25) is 0 Å². The highest BCUT2D eigenvalue weighted by atomic mass is 16.2. The lowest BCUT2D eigenvalue weighted by Gasteiger charge is -2.29. The standard InChI is InChI=1S/C21H26N4O3/c26-18-5-4-17(19(27)24-18)25-12-16-13(2-1-3-15(16)20(25)28)11-23-21-7-9-22-8-6-14(21)10-21/h1-3,14,17,22-23H,4-12H2,(H,24,26,27). The SMILES string of the molecule is O=C1CCC(N2Cc3c(CNC45CCNCCC4C5)cccc3C2=O)C(=O)N1. The van der Waals surface area contributed by atoms with Gasteiger partial charge in [0.2, 0.25) is 11.8 Å². The lowest BCUT2D eigenvalue weighted by Crippen LogP contribution is -2.52. The van der Waals surface area contributed by atoms with E-state index in [1.165, 1.54) is 12.8 Å². The molecule has 4 aliphatic rings. The largest absolute Gasteiger partial charge is 0.322 e. The monoisotopic (exact) mass is 382 g/mol. The third kappa shape index (κ3) is 2.93. The number of rotatable bonds is 4. The van der Waals surface area contributed by atoms with Gasteiger partial charge >= 0.3 is 0 Å². The number of nitrogens with one attached hydrogen (secondary N) is 3. The first-order valence-corrected chi connectivity index (χ1v) is 10.3. The molecule has 7 heteroatoms. The average molecular weight is 382 g/mol. The van der Waals surface area contributed by atoms with E-state index in [4.69, 9.17) is 0 Å². The van der Waals surface area contributed by atoms with Crippen LogP contribution in [-0.2, 0) is 22.7 Å². The summed E-state index contributed by atoms with van der Waals surface area (Å²) < 4.78 is 0. The molecule has 3 heterocycles. The second-order valence-corrected chi connectivity index (χ2v) is 8.54. The van der Waals surface area contributed by atoms with Crippen LogP contribution >= 0.6 is 0 Å². The first-order valence-electron chi connectivity index (χ1n) is 10.3. The number of carbonyl (C=O) groups is 3. The van der Waals surface area contributed by atoms with E-state index in [0.29, 0.717) is 18.5 Å². The van der Waals surface area contributed by atoms with Crippen LogP contribution in [0.3, 0.4) is 0 Å². The van der Waals surface area contributed by atoms with Crippen molar-refractivity contribution >= 4 is 17.7 Å². The molecule has 0 bridgehead atoms. The van der Waals surface area contributed by atoms with Crippen molar-refractivity contribution in [3.8, 4) is 0 Å². The third-order valence-corrected chi connectivity index (χ3v) is 6.96. The molecule has 5 rings (SSSR count). The number of nitrogens with zero attached hydrogens (tertiary/aromatic N) is 1. The van der Waals surface area contributed by atoms with E-state index in [2.05, 4.69) is 22.0 Å². The summed E-state index contributed by atoms with van der Waals surface area (Å²) in [4.78, 5) is 38.2. The number of hydrogen-bond acceptors (Lipinski definition) is 5. The first-order chi connectivity index (χ1) is 13.6. The minimum atomic E-state index is -0.558. The van der Waals surface area contributed by atoms with E-state index in [-0.39, 0.29) is 29.7 Å². The second-order valence-electron chi connectivity index (χ2n) is 8.54. The van der Waals surface area contributed by atoms with Gasteiger partial charge in [0.05, 0.1) is 0 Å². The molecule has 28 heavy (non-hydrogen) atoms. The highest BCUT2D eigenvalue weighted by Crippen LogP contribution is 2.49. The Morgan fingerprint density at radius 3 is 2.93 bits per heavy atom. The smallest absolute Gasteiger partial charge is 0.255 e. The van der Waals surface area contributed by atoms with E-state index in [1.54, 1.807) is 4.90 Å². The fourth-order valence-electron chi connectivity index (χ4n) is 5.17. The maximum Gasteiger partial charge on any atom is 0.255 e. The molecular formula is C21H26N4O3. The molecule has 3 atom stereocenters. The Hall–Kier alpha value is -2.25. The van der Waals surface area contributed by atoms with Crippen LogP contribution in [0.1, 0.15) is 53.6 Å². The summed E-state index contributed by atoms with van der Waals surface area (Å²) in [6.45, 7) is 3.34. The van der Waals surface area contributed by atoms with Crippen LogP contribution in [0.25, 0.3) is 0 Å². The molecule has 3 aliphatic heterocycles. The normalized spacial score (nSPS) is 31.9. The molecule has 148 valence electrons. The summed E-state index contributed by atoms with van der Waals surface area (Å²) in [5.41, 5.74) is 3.09. The van der Waals surface area contributed by atoms with Gasteiger partial charge < -0.3 is 15.5 Å². The quantitative estimate of drug-likeness (QED) is 0.667. The summed E-state index contributed by atoms with van der Waals surface area (Å²) in [5, 5.41) is 9.63. The number of benzene rings is 1. The van der Waals surface area contributed by atoms with Crippen LogP contribution < -0.4 is 16.0 Å². The predicted molar refractivity (Wildman–Crippen MR) is 102 cm³/mol. The van der Waals surface area contributed by atoms with Crippen molar-refractivity contribution in [1.82, 2.24) is 20.9 Å². The van der Waals surface area contributed by atoms with Gasteiger partial charge in [-0.15, -0.1) is 0 Å². The summed E-state index contributed by atoms with van der Waals surface area (Å²) in [5.74, 6) is 0.0301. The zero-order chi connectivity index (χ0) is 19.3. The number of amides is 3. The summed E-state index contributed by atoms with van der Waals surface area (Å²) >= 11 is 0. The predicted octanol–water partition coefficient (Wildman–Crippen LogP) is 0.679. The van der Waals surface area contributed by atoms with E-state index in [0.717, 1.165) is 43.1 Å². The minimum Gasteiger partial charge on any atom is -0.322 e. The van der Waals surface area contributed by atoms with Crippen molar-refractivity contribution in [2.45, 2.75) is 56.8 Å². The molecule has 1 aromatic carbocycles. The van der Waals surface area contributed by atoms with Gasteiger partial charge in [-0.3, -0.25) is 19.7 Å². The topological polar surface area (TPSA) is 90.5 Å². The maximum atomic E-state index is 12.9. The molecule has 1 aliphatic carbocycles.